The van der Waals surface area contributed by atoms with Gasteiger partial charge in [0, 0.05) is 31.9 Å². The normalized spacial score (nSPS) is 28.8. The molecular weight excluding hydrogens is 354 g/mol. The Hall–Kier alpha value is -1.49. The first-order valence-corrected chi connectivity index (χ1v) is 9.91. The van der Waals surface area contributed by atoms with E-state index in [0.717, 1.165) is 17.8 Å². The highest BCUT2D eigenvalue weighted by atomic mass is 32.2. The summed E-state index contributed by atoms with van der Waals surface area (Å²) in [6, 6.07) is 0.567. The van der Waals surface area contributed by atoms with Crippen molar-refractivity contribution < 1.29 is 22.7 Å². The van der Waals surface area contributed by atoms with Crippen molar-refractivity contribution in [3.8, 4) is 0 Å². The summed E-state index contributed by atoms with van der Waals surface area (Å²) in [6.07, 6.45) is 0.603. The lowest BCUT2D eigenvalue weighted by Gasteiger charge is -2.47. The number of sulfonamides is 1. The third-order valence-electron chi connectivity index (χ3n) is 4.38. The molecule has 1 saturated heterocycles. The lowest BCUT2D eigenvalue weighted by Crippen LogP contribution is -2.70. The molecule has 0 radical (unpaired) electrons. The number of rotatable bonds is 5. The molecule has 3 rings (SSSR count). The predicted octanol–water partition coefficient (Wildman–Crippen LogP) is -0.322. The van der Waals surface area contributed by atoms with Crippen molar-refractivity contribution >= 4 is 33.2 Å². The fraction of sp³-hybridized carbons (Fsp3) is 0.571. The minimum atomic E-state index is -3.78. The highest BCUT2D eigenvalue weighted by Gasteiger charge is 2.55. The molecule has 0 bridgehead atoms. The molecule has 2 aliphatic rings. The van der Waals surface area contributed by atoms with E-state index in [-0.39, 0.29) is 34.8 Å². The SMILES string of the molecule is CNC(=O)c1cc(S(=O)(=O)N[C@H]2[C@H]3CCO[C@H]3[C@@H]2NC(C)=O)cs1. The van der Waals surface area contributed by atoms with Crippen LogP contribution in [-0.2, 0) is 19.6 Å². The first-order chi connectivity index (χ1) is 11.3. The van der Waals surface area contributed by atoms with E-state index >= 15 is 0 Å². The number of hydrogen-bond acceptors (Lipinski definition) is 6. The quantitative estimate of drug-likeness (QED) is 0.654. The van der Waals surface area contributed by atoms with Crippen molar-refractivity contribution in [3.63, 3.8) is 0 Å². The van der Waals surface area contributed by atoms with Gasteiger partial charge in [-0.3, -0.25) is 9.59 Å². The van der Waals surface area contributed by atoms with Gasteiger partial charge in [0.1, 0.15) is 0 Å². The molecule has 3 N–H and O–H groups in total. The van der Waals surface area contributed by atoms with Crippen LogP contribution in [0.3, 0.4) is 0 Å². The van der Waals surface area contributed by atoms with Gasteiger partial charge in [0.2, 0.25) is 15.9 Å². The lowest BCUT2D eigenvalue weighted by molar-refractivity contribution is -0.123. The van der Waals surface area contributed by atoms with Gasteiger partial charge in [-0.2, -0.15) is 0 Å². The predicted molar refractivity (Wildman–Crippen MR) is 87.3 cm³/mol. The molecule has 0 aromatic carbocycles. The van der Waals surface area contributed by atoms with Gasteiger partial charge in [-0.25, -0.2) is 13.1 Å². The van der Waals surface area contributed by atoms with E-state index in [1.165, 1.54) is 25.4 Å². The molecule has 10 heteroatoms. The van der Waals surface area contributed by atoms with Crippen LogP contribution in [0.1, 0.15) is 23.0 Å². The molecule has 2 fully saturated rings. The molecule has 1 saturated carbocycles. The lowest BCUT2D eigenvalue weighted by atomic mass is 9.72. The number of carbonyl (C=O) groups excluding carboxylic acids is 2. The Bertz CT molecular complexity index is 760. The molecule has 0 spiro atoms. The van der Waals surface area contributed by atoms with E-state index in [0.29, 0.717) is 11.5 Å². The second kappa shape index (κ2) is 6.43. The second-order valence-electron chi connectivity index (χ2n) is 5.89. The average molecular weight is 373 g/mol. The second-order valence-corrected chi connectivity index (χ2v) is 8.51. The Kier molecular flexibility index (Phi) is 4.65. The molecule has 1 aromatic rings. The van der Waals surface area contributed by atoms with Crippen molar-refractivity contribution in [2.45, 2.75) is 36.4 Å². The molecule has 8 nitrogen and oxygen atoms in total. The van der Waals surface area contributed by atoms with E-state index in [2.05, 4.69) is 15.4 Å². The maximum Gasteiger partial charge on any atom is 0.261 e. The van der Waals surface area contributed by atoms with Crippen LogP contribution in [0.4, 0.5) is 0 Å². The Morgan fingerprint density at radius 1 is 1.33 bits per heavy atom. The maximum absolute atomic E-state index is 12.6. The Morgan fingerprint density at radius 3 is 2.75 bits per heavy atom. The summed E-state index contributed by atoms with van der Waals surface area (Å²) in [4.78, 5) is 23.3. The largest absolute Gasteiger partial charge is 0.376 e. The highest BCUT2D eigenvalue weighted by molar-refractivity contribution is 7.89. The van der Waals surface area contributed by atoms with E-state index in [4.69, 9.17) is 4.74 Å². The number of carbonyl (C=O) groups is 2. The van der Waals surface area contributed by atoms with Crippen molar-refractivity contribution in [2.24, 2.45) is 5.92 Å². The molecule has 0 unspecified atom stereocenters. The smallest absolute Gasteiger partial charge is 0.261 e. The van der Waals surface area contributed by atoms with E-state index in [9.17, 15) is 18.0 Å². The number of ether oxygens (including phenoxy) is 1. The number of hydrogen-bond donors (Lipinski definition) is 3. The van der Waals surface area contributed by atoms with Gasteiger partial charge in [-0.05, 0) is 12.5 Å². The molecule has 2 heterocycles. The van der Waals surface area contributed by atoms with Crippen LogP contribution in [0.2, 0.25) is 0 Å². The standard InChI is InChI=1S/C14H19N3O5S2/c1-7(18)16-12-11(9-3-4-22-13(9)12)17-24(20,21)8-5-10(23-6-8)14(19)15-2/h5-6,9,11-13,17H,3-4H2,1-2H3,(H,15,19)(H,16,18)/t9-,11+,12-,13-/m1/s1. The van der Waals surface area contributed by atoms with Gasteiger partial charge >= 0.3 is 0 Å². The summed E-state index contributed by atoms with van der Waals surface area (Å²) < 4.78 is 33.4. The van der Waals surface area contributed by atoms with Crippen molar-refractivity contribution in [1.29, 1.82) is 0 Å². The van der Waals surface area contributed by atoms with Gasteiger partial charge in [0.15, 0.2) is 0 Å². The molecule has 2 amide bonds. The summed E-state index contributed by atoms with van der Waals surface area (Å²) >= 11 is 1.07. The van der Waals surface area contributed by atoms with Gasteiger partial charge in [-0.1, -0.05) is 0 Å². The molecule has 4 atom stereocenters. The topological polar surface area (TPSA) is 114 Å². The Labute approximate surface area is 144 Å². The zero-order chi connectivity index (χ0) is 17.5. The maximum atomic E-state index is 12.6. The Morgan fingerprint density at radius 2 is 2.08 bits per heavy atom. The molecule has 24 heavy (non-hydrogen) atoms. The molecule has 1 aromatic heterocycles. The fourth-order valence-corrected chi connectivity index (χ4v) is 5.75. The van der Waals surface area contributed by atoms with Crippen LogP contribution in [0, 0.1) is 5.92 Å². The van der Waals surface area contributed by atoms with Crippen molar-refractivity contribution in [2.75, 3.05) is 13.7 Å². The van der Waals surface area contributed by atoms with Gasteiger partial charge in [0.05, 0.1) is 28.0 Å². The zero-order valence-corrected chi connectivity index (χ0v) is 14.9. The number of amides is 2. The summed E-state index contributed by atoms with van der Waals surface area (Å²) in [5.41, 5.74) is 0. The first-order valence-electron chi connectivity index (χ1n) is 7.55. The Balaban J connectivity index is 1.77. The average Bonchev–Trinajstić information content (AvgIpc) is 3.17. The minimum absolute atomic E-state index is 0.0497. The third-order valence-corrected chi connectivity index (χ3v) is 6.90. The molecule has 132 valence electrons. The van der Waals surface area contributed by atoms with Crippen LogP contribution in [0.15, 0.2) is 16.3 Å². The first kappa shape index (κ1) is 17.3. The van der Waals surface area contributed by atoms with Gasteiger partial charge in [0.25, 0.3) is 5.91 Å². The van der Waals surface area contributed by atoms with Crippen molar-refractivity contribution in [1.82, 2.24) is 15.4 Å². The van der Waals surface area contributed by atoms with Crippen LogP contribution < -0.4 is 15.4 Å². The van der Waals surface area contributed by atoms with Gasteiger partial charge in [-0.15, -0.1) is 11.3 Å². The van der Waals surface area contributed by atoms with E-state index in [1.807, 2.05) is 0 Å². The van der Waals surface area contributed by atoms with Crippen LogP contribution in [0.5, 0.6) is 0 Å². The zero-order valence-electron chi connectivity index (χ0n) is 13.2. The summed E-state index contributed by atoms with van der Waals surface area (Å²) in [5, 5.41) is 6.65. The van der Waals surface area contributed by atoms with Crippen molar-refractivity contribution in [3.05, 3.63) is 16.3 Å². The number of fused-ring (bicyclic) bond motifs is 1. The molecule has 1 aliphatic heterocycles. The minimum Gasteiger partial charge on any atom is -0.376 e. The monoisotopic (exact) mass is 373 g/mol. The van der Waals surface area contributed by atoms with E-state index in [1.54, 1.807) is 0 Å². The molecule has 1 aliphatic carbocycles. The van der Waals surface area contributed by atoms with Gasteiger partial charge < -0.3 is 15.4 Å². The number of thiophene rings is 1. The van der Waals surface area contributed by atoms with Crippen LogP contribution in [-0.4, -0.2) is 52.1 Å². The molecular formula is C14H19N3O5S2. The van der Waals surface area contributed by atoms with Crippen LogP contribution >= 0.6 is 11.3 Å². The summed E-state index contributed by atoms with van der Waals surface area (Å²) in [6.45, 7) is 1.95. The summed E-state index contributed by atoms with van der Waals surface area (Å²) in [7, 11) is -2.29. The van der Waals surface area contributed by atoms with E-state index < -0.39 is 16.1 Å². The fourth-order valence-electron chi connectivity index (χ4n) is 3.22. The summed E-state index contributed by atoms with van der Waals surface area (Å²) in [5.74, 6) is -0.505. The van der Waals surface area contributed by atoms with Crippen LogP contribution in [0.25, 0.3) is 0 Å². The third kappa shape index (κ3) is 3.06. The highest BCUT2D eigenvalue weighted by Crippen LogP contribution is 2.40. The number of nitrogens with one attached hydrogen (secondary N) is 3.